The van der Waals surface area contributed by atoms with Gasteiger partial charge in [0.15, 0.2) is 0 Å². The third-order valence-electron chi connectivity index (χ3n) is 5.63. The number of carbonyl (C=O) groups is 2. The minimum Gasteiger partial charge on any atom is -0.366 e. The highest BCUT2D eigenvalue weighted by atomic mass is 16.6. The van der Waals surface area contributed by atoms with Gasteiger partial charge < -0.3 is 15.1 Å². The van der Waals surface area contributed by atoms with Crippen LogP contribution in [0.3, 0.4) is 0 Å². The fraction of sp³-hybridized carbons (Fsp3) is 0.391. The SMILES string of the molecule is CNC(=O)c1ccc(CN(C)C(=O)c2ccc(N3CCC[C@H](C)C3)c([N+](=O)[O-])c2)cc1. The van der Waals surface area contributed by atoms with Gasteiger partial charge in [0.25, 0.3) is 17.5 Å². The van der Waals surface area contributed by atoms with Crippen LogP contribution in [0.15, 0.2) is 42.5 Å². The zero-order valence-electron chi connectivity index (χ0n) is 18.1. The van der Waals surface area contributed by atoms with Gasteiger partial charge in [0, 0.05) is 50.9 Å². The zero-order chi connectivity index (χ0) is 22.5. The summed E-state index contributed by atoms with van der Waals surface area (Å²) in [6.07, 6.45) is 2.12. The Morgan fingerprint density at radius 3 is 2.48 bits per heavy atom. The first-order chi connectivity index (χ1) is 14.8. The molecule has 1 aliphatic rings. The number of nitrogens with one attached hydrogen (secondary N) is 1. The van der Waals surface area contributed by atoms with E-state index in [1.54, 1.807) is 50.5 Å². The first kappa shape index (κ1) is 22.3. The standard InChI is InChI=1S/C23H28N4O4/c1-16-5-4-12-26(14-16)20-11-10-19(13-21(20)27(30)31)23(29)25(3)15-17-6-8-18(9-7-17)22(28)24-2/h6-11,13,16H,4-5,12,14-15H2,1-3H3,(H,24,28)/t16-/m0/s1. The minimum absolute atomic E-state index is 0.0386. The Kier molecular flexibility index (Phi) is 6.89. The zero-order valence-corrected chi connectivity index (χ0v) is 18.1. The molecule has 0 unspecified atom stereocenters. The van der Waals surface area contributed by atoms with Crippen LogP contribution >= 0.6 is 0 Å². The van der Waals surface area contributed by atoms with Gasteiger partial charge >= 0.3 is 0 Å². The van der Waals surface area contributed by atoms with Crippen molar-refractivity contribution in [2.24, 2.45) is 5.92 Å². The molecule has 0 bridgehead atoms. The maximum absolute atomic E-state index is 12.9. The lowest BCUT2D eigenvalue weighted by molar-refractivity contribution is -0.384. The maximum atomic E-state index is 12.9. The Bertz CT molecular complexity index is 974. The molecule has 2 aromatic rings. The van der Waals surface area contributed by atoms with E-state index < -0.39 is 4.92 Å². The molecule has 31 heavy (non-hydrogen) atoms. The van der Waals surface area contributed by atoms with Crippen molar-refractivity contribution in [2.45, 2.75) is 26.3 Å². The average Bonchev–Trinajstić information content (AvgIpc) is 2.78. The van der Waals surface area contributed by atoms with Crippen molar-refractivity contribution in [3.05, 3.63) is 69.3 Å². The summed E-state index contributed by atoms with van der Waals surface area (Å²) in [4.78, 5) is 39.4. The summed E-state index contributed by atoms with van der Waals surface area (Å²) in [5.41, 5.74) is 2.21. The van der Waals surface area contributed by atoms with Crippen molar-refractivity contribution >= 4 is 23.2 Å². The van der Waals surface area contributed by atoms with E-state index in [2.05, 4.69) is 12.2 Å². The number of rotatable bonds is 6. The van der Waals surface area contributed by atoms with E-state index in [4.69, 9.17) is 0 Å². The Labute approximate surface area is 182 Å². The molecular formula is C23H28N4O4. The molecule has 1 heterocycles. The predicted molar refractivity (Wildman–Crippen MR) is 119 cm³/mol. The van der Waals surface area contributed by atoms with Gasteiger partial charge in [-0.2, -0.15) is 0 Å². The van der Waals surface area contributed by atoms with Gasteiger partial charge in [-0.1, -0.05) is 19.1 Å². The summed E-state index contributed by atoms with van der Waals surface area (Å²) in [6.45, 7) is 4.03. The smallest absolute Gasteiger partial charge is 0.293 e. The van der Waals surface area contributed by atoms with E-state index in [9.17, 15) is 19.7 Å². The van der Waals surface area contributed by atoms with Gasteiger partial charge in [0.05, 0.1) is 4.92 Å². The predicted octanol–water partition coefficient (Wildman–Crippen LogP) is 3.46. The highest BCUT2D eigenvalue weighted by molar-refractivity contribution is 5.96. The van der Waals surface area contributed by atoms with Crippen LogP contribution in [-0.4, -0.2) is 48.8 Å². The Balaban J connectivity index is 1.76. The number of amides is 2. The quantitative estimate of drug-likeness (QED) is 0.566. The first-order valence-electron chi connectivity index (χ1n) is 10.4. The fourth-order valence-corrected chi connectivity index (χ4v) is 3.95. The second-order valence-corrected chi connectivity index (χ2v) is 8.09. The second-order valence-electron chi connectivity index (χ2n) is 8.09. The largest absolute Gasteiger partial charge is 0.366 e. The number of anilines is 1. The van der Waals surface area contributed by atoms with E-state index in [-0.39, 0.29) is 23.1 Å². The average molecular weight is 425 g/mol. The van der Waals surface area contributed by atoms with Crippen molar-refractivity contribution in [1.29, 1.82) is 0 Å². The van der Waals surface area contributed by atoms with Crippen molar-refractivity contribution < 1.29 is 14.5 Å². The van der Waals surface area contributed by atoms with E-state index in [0.717, 1.165) is 31.5 Å². The Morgan fingerprint density at radius 1 is 1.19 bits per heavy atom. The number of hydrogen-bond donors (Lipinski definition) is 1. The highest BCUT2D eigenvalue weighted by Gasteiger charge is 2.26. The lowest BCUT2D eigenvalue weighted by Gasteiger charge is -2.32. The molecule has 0 radical (unpaired) electrons. The van der Waals surface area contributed by atoms with Crippen molar-refractivity contribution in [1.82, 2.24) is 10.2 Å². The number of carbonyl (C=O) groups excluding carboxylic acids is 2. The number of benzene rings is 2. The topological polar surface area (TPSA) is 95.8 Å². The summed E-state index contributed by atoms with van der Waals surface area (Å²) >= 11 is 0. The van der Waals surface area contributed by atoms with E-state index >= 15 is 0 Å². The van der Waals surface area contributed by atoms with Crippen LogP contribution in [0, 0.1) is 16.0 Å². The van der Waals surface area contributed by atoms with Gasteiger partial charge in [0.2, 0.25) is 0 Å². The van der Waals surface area contributed by atoms with Gasteiger partial charge in [-0.25, -0.2) is 0 Å². The number of piperidine rings is 1. The summed E-state index contributed by atoms with van der Waals surface area (Å²) in [7, 11) is 3.22. The van der Waals surface area contributed by atoms with Crippen LogP contribution in [0.4, 0.5) is 11.4 Å². The van der Waals surface area contributed by atoms with Crippen LogP contribution in [0.25, 0.3) is 0 Å². The molecule has 0 aromatic heterocycles. The molecule has 164 valence electrons. The molecule has 1 aliphatic heterocycles. The summed E-state index contributed by atoms with van der Waals surface area (Å²) < 4.78 is 0. The van der Waals surface area contributed by atoms with Gasteiger partial charge in [-0.15, -0.1) is 0 Å². The fourth-order valence-electron chi connectivity index (χ4n) is 3.95. The third-order valence-corrected chi connectivity index (χ3v) is 5.63. The summed E-state index contributed by atoms with van der Waals surface area (Å²) in [5.74, 6) is 0.0131. The molecule has 0 aliphatic carbocycles. The minimum atomic E-state index is -0.414. The van der Waals surface area contributed by atoms with Crippen molar-refractivity contribution in [3.8, 4) is 0 Å². The molecule has 1 saturated heterocycles. The molecule has 1 atom stereocenters. The normalized spacial score (nSPS) is 16.0. The number of hydrogen-bond acceptors (Lipinski definition) is 5. The van der Waals surface area contributed by atoms with Crippen LogP contribution < -0.4 is 10.2 Å². The number of nitro groups is 1. The van der Waals surface area contributed by atoms with Gasteiger partial charge in [-0.3, -0.25) is 19.7 Å². The number of nitro benzene ring substituents is 1. The monoisotopic (exact) mass is 424 g/mol. The van der Waals surface area contributed by atoms with Crippen LogP contribution in [0.2, 0.25) is 0 Å². The summed E-state index contributed by atoms with van der Waals surface area (Å²) in [5, 5.41) is 14.3. The molecule has 2 amide bonds. The van der Waals surface area contributed by atoms with Crippen LogP contribution in [0.5, 0.6) is 0 Å². The van der Waals surface area contributed by atoms with Crippen molar-refractivity contribution in [2.75, 3.05) is 32.1 Å². The highest BCUT2D eigenvalue weighted by Crippen LogP contribution is 2.32. The molecular weight excluding hydrogens is 396 g/mol. The molecule has 0 spiro atoms. The molecule has 2 aromatic carbocycles. The molecule has 8 heteroatoms. The van der Waals surface area contributed by atoms with E-state index in [0.29, 0.717) is 23.7 Å². The third kappa shape index (κ3) is 5.20. The molecule has 1 N–H and O–H groups in total. The first-order valence-corrected chi connectivity index (χ1v) is 10.4. The second kappa shape index (κ2) is 9.59. The lowest BCUT2D eigenvalue weighted by Crippen LogP contribution is -2.34. The molecule has 8 nitrogen and oxygen atoms in total. The van der Waals surface area contributed by atoms with Crippen LogP contribution in [0.1, 0.15) is 46.0 Å². The summed E-state index contributed by atoms with van der Waals surface area (Å²) in [6, 6.07) is 11.7. The van der Waals surface area contributed by atoms with Crippen LogP contribution in [-0.2, 0) is 6.54 Å². The molecule has 1 fully saturated rings. The van der Waals surface area contributed by atoms with Crippen molar-refractivity contribution in [3.63, 3.8) is 0 Å². The molecule has 3 rings (SSSR count). The Hall–Kier alpha value is -3.42. The maximum Gasteiger partial charge on any atom is 0.293 e. The van der Waals surface area contributed by atoms with Gasteiger partial charge in [-0.05, 0) is 48.6 Å². The lowest BCUT2D eigenvalue weighted by atomic mass is 9.99. The molecule has 0 saturated carbocycles. The van der Waals surface area contributed by atoms with E-state index in [1.165, 1.54) is 11.0 Å². The Morgan fingerprint density at radius 2 is 1.87 bits per heavy atom. The van der Waals surface area contributed by atoms with Gasteiger partial charge in [0.1, 0.15) is 5.69 Å². The van der Waals surface area contributed by atoms with E-state index in [1.807, 2.05) is 4.90 Å². The number of nitrogens with zero attached hydrogens (tertiary/aromatic N) is 3.